The molecule has 2 atom stereocenters. The van der Waals surface area contributed by atoms with Gasteiger partial charge in [-0.15, -0.1) is 11.3 Å². The van der Waals surface area contributed by atoms with Crippen LogP contribution in [0.15, 0.2) is 11.4 Å². The summed E-state index contributed by atoms with van der Waals surface area (Å²) < 4.78 is 0. The van der Waals surface area contributed by atoms with E-state index in [4.69, 9.17) is 0 Å². The van der Waals surface area contributed by atoms with Gasteiger partial charge in [-0.25, -0.2) is 0 Å². The second kappa shape index (κ2) is 5.99. The molecular weight excluding hydrogens is 324 g/mol. The minimum Gasteiger partial charge on any atom is -0.338 e. The van der Waals surface area contributed by atoms with Crippen molar-refractivity contribution in [2.75, 3.05) is 13.1 Å². The van der Waals surface area contributed by atoms with E-state index < -0.39 is 0 Å². The number of amides is 2. The number of carbonyl (C=O) groups excluding carboxylic acids is 3. The Morgan fingerprint density at radius 2 is 2.00 bits per heavy atom. The van der Waals surface area contributed by atoms with Gasteiger partial charge in [0.1, 0.15) is 0 Å². The topological polar surface area (TPSA) is 57.7 Å². The Labute approximate surface area is 145 Å². The molecule has 0 aromatic carbocycles. The van der Waals surface area contributed by atoms with Crippen molar-refractivity contribution < 1.29 is 14.4 Å². The van der Waals surface area contributed by atoms with E-state index in [1.54, 1.807) is 11.4 Å². The van der Waals surface area contributed by atoms with E-state index >= 15 is 0 Å². The maximum atomic E-state index is 12.7. The Balaban J connectivity index is 1.46. The zero-order valence-electron chi connectivity index (χ0n) is 13.9. The second-order valence-electron chi connectivity index (χ2n) is 7.19. The summed E-state index contributed by atoms with van der Waals surface area (Å²) in [6.07, 6.45) is 4.66. The Morgan fingerprint density at radius 1 is 1.21 bits per heavy atom. The molecule has 3 aliphatic rings. The highest BCUT2D eigenvalue weighted by atomic mass is 32.1. The first-order chi connectivity index (χ1) is 11.5. The molecule has 2 aliphatic heterocycles. The van der Waals surface area contributed by atoms with Crippen LogP contribution in [0.1, 0.15) is 59.1 Å². The molecule has 0 radical (unpaired) electrons. The lowest BCUT2D eigenvalue weighted by molar-refractivity contribution is -0.141. The van der Waals surface area contributed by atoms with Crippen LogP contribution in [0, 0.1) is 5.92 Å². The molecule has 24 heavy (non-hydrogen) atoms. The molecule has 2 saturated heterocycles. The summed E-state index contributed by atoms with van der Waals surface area (Å²) in [5.41, 5.74) is 0.612. The lowest BCUT2D eigenvalue weighted by atomic mass is 9.83. The molecule has 0 N–H and O–H groups in total. The molecule has 1 aromatic rings. The highest BCUT2D eigenvalue weighted by Crippen LogP contribution is 2.39. The highest BCUT2D eigenvalue weighted by Gasteiger charge is 2.45. The van der Waals surface area contributed by atoms with Crippen molar-refractivity contribution in [1.29, 1.82) is 0 Å². The summed E-state index contributed by atoms with van der Waals surface area (Å²) in [4.78, 5) is 41.1. The van der Waals surface area contributed by atoms with Crippen molar-refractivity contribution in [3.8, 4) is 0 Å². The fourth-order valence-corrected chi connectivity index (χ4v) is 5.01. The minimum absolute atomic E-state index is 0.00474. The van der Waals surface area contributed by atoms with E-state index in [1.165, 1.54) is 18.3 Å². The summed E-state index contributed by atoms with van der Waals surface area (Å²) in [5.74, 6) is 0.729. The standard InChI is InChI=1S/C18H22N2O3S/c1-11(21)13-8-16(24-10-13)18(23)19-7-6-15-12(9-19)2-5-17(22)20(15)14-3-4-14/h8,10,12,14-15H,2-7,9H2,1H3/t12-,15-/m0/s1. The number of thiophene rings is 1. The fraction of sp³-hybridized carbons (Fsp3) is 0.611. The van der Waals surface area contributed by atoms with Crippen LogP contribution in [0.4, 0.5) is 0 Å². The average molecular weight is 346 g/mol. The normalized spacial score (nSPS) is 27.1. The number of likely N-dealkylation sites (tertiary alicyclic amines) is 2. The van der Waals surface area contributed by atoms with Crippen molar-refractivity contribution in [2.24, 2.45) is 5.92 Å². The van der Waals surface area contributed by atoms with Gasteiger partial charge in [-0.1, -0.05) is 0 Å². The molecular formula is C18H22N2O3S. The number of Topliss-reactive ketones (excluding diaryl/α,β-unsaturated/α-hetero) is 1. The molecule has 2 amide bonds. The van der Waals surface area contributed by atoms with Crippen LogP contribution in [-0.4, -0.2) is 52.6 Å². The zero-order valence-corrected chi connectivity index (χ0v) is 14.7. The van der Waals surface area contributed by atoms with E-state index in [0.29, 0.717) is 47.3 Å². The van der Waals surface area contributed by atoms with Crippen molar-refractivity contribution in [3.63, 3.8) is 0 Å². The van der Waals surface area contributed by atoms with Gasteiger partial charge in [0.25, 0.3) is 5.91 Å². The van der Waals surface area contributed by atoms with Crippen LogP contribution < -0.4 is 0 Å². The molecule has 5 nitrogen and oxygen atoms in total. The average Bonchev–Trinajstić information content (AvgIpc) is 3.28. The van der Waals surface area contributed by atoms with Crippen molar-refractivity contribution in [3.05, 3.63) is 21.9 Å². The summed E-state index contributed by atoms with van der Waals surface area (Å²) >= 11 is 1.35. The minimum atomic E-state index is -0.00474. The van der Waals surface area contributed by atoms with Gasteiger partial charge in [-0.3, -0.25) is 14.4 Å². The highest BCUT2D eigenvalue weighted by molar-refractivity contribution is 7.12. The smallest absolute Gasteiger partial charge is 0.263 e. The van der Waals surface area contributed by atoms with Crippen LogP contribution in [0.3, 0.4) is 0 Å². The van der Waals surface area contributed by atoms with Crippen LogP contribution in [0.5, 0.6) is 0 Å². The Morgan fingerprint density at radius 3 is 2.67 bits per heavy atom. The summed E-state index contributed by atoms with van der Waals surface area (Å²) in [7, 11) is 0. The number of hydrogen-bond acceptors (Lipinski definition) is 4. The second-order valence-corrected chi connectivity index (χ2v) is 8.11. The van der Waals surface area contributed by atoms with E-state index in [9.17, 15) is 14.4 Å². The van der Waals surface area contributed by atoms with Crippen LogP contribution in [0.25, 0.3) is 0 Å². The Bertz CT molecular complexity index is 694. The van der Waals surface area contributed by atoms with Crippen molar-refractivity contribution in [2.45, 2.75) is 51.1 Å². The summed E-state index contributed by atoms with van der Waals surface area (Å²) in [6.45, 7) is 2.95. The third kappa shape index (κ3) is 2.77. The first kappa shape index (κ1) is 15.8. The number of fused-ring (bicyclic) bond motifs is 1. The molecule has 6 heteroatoms. The quantitative estimate of drug-likeness (QED) is 0.791. The molecule has 1 saturated carbocycles. The lowest BCUT2D eigenvalue weighted by Crippen LogP contribution is -2.57. The SMILES string of the molecule is CC(=O)c1csc(C(=O)N2CC[C@H]3[C@@H](CCC(=O)N3C3CC3)C2)c1. The maximum absolute atomic E-state index is 12.7. The van der Waals surface area contributed by atoms with Crippen LogP contribution in [0.2, 0.25) is 0 Å². The van der Waals surface area contributed by atoms with E-state index in [1.807, 2.05) is 4.90 Å². The molecule has 0 bridgehead atoms. The van der Waals surface area contributed by atoms with E-state index in [2.05, 4.69) is 4.90 Å². The van der Waals surface area contributed by atoms with Crippen molar-refractivity contribution in [1.82, 2.24) is 9.80 Å². The predicted molar refractivity (Wildman–Crippen MR) is 91.2 cm³/mol. The molecule has 4 rings (SSSR count). The summed E-state index contributed by atoms with van der Waals surface area (Å²) in [5, 5.41) is 1.76. The first-order valence-corrected chi connectivity index (χ1v) is 9.62. The third-order valence-electron chi connectivity index (χ3n) is 5.51. The number of ketones is 1. The number of piperidine rings is 2. The molecule has 1 aliphatic carbocycles. The fourth-order valence-electron chi connectivity index (χ4n) is 4.09. The molecule has 0 spiro atoms. The molecule has 3 heterocycles. The number of hydrogen-bond donors (Lipinski definition) is 0. The van der Waals surface area contributed by atoms with Crippen molar-refractivity contribution >= 4 is 28.9 Å². The van der Waals surface area contributed by atoms with Crippen LogP contribution >= 0.6 is 11.3 Å². The Kier molecular flexibility index (Phi) is 3.95. The van der Waals surface area contributed by atoms with Gasteiger partial charge in [0.05, 0.1) is 4.88 Å². The van der Waals surface area contributed by atoms with Gasteiger partial charge in [-0.2, -0.15) is 0 Å². The van der Waals surface area contributed by atoms with Gasteiger partial charge in [0.2, 0.25) is 5.91 Å². The molecule has 3 fully saturated rings. The molecule has 128 valence electrons. The molecule has 1 aromatic heterocycles. The van der Waals surface area contributed by atoms with E-state index in [-0.39, 0.29) is 11.7 Å². The first-order valence-electron chi connectivity index (χ1n) is 8.74. The lowest BCUT2D eigenvalue weighted by Gasteiger charge is -2.47. The van der Waals surface area contributed by atoms with Gasteiger partial charge in [0.15, 0.2) is 5.78 Å². The zero-order chi connectivity index (χ0) is 16.8. The van der Waals surface area contributed by atoms with E-state index in [0.717, 1.165) is 32.2 Å². The molecule has 0 unspecified atom stereocenters. The van der Waals surface area contributed by atoms with Crippen LogP contribution in [-0.2, 0) is 4.79 Å². The third-order valence-corrected chi connectivity index (χ3v) is 6.43. The van der Waals surface area contributed by atoms with Gasteiger partial charge in [0, 0.05) is 42.5 Å². The largest absolute Gasteiger partial charge is 0.338 e. The number of rotatable bonds is 3. The monoisotopic (exact) mass is 346 g/mol. The van der Waals surface area contributed by atoms with Gasteiger partial charge in [-0.05, 0) is 44.6 Å². The number of nitrogens with zero attached hydrogens (tertiary/aromatic N) is 2. The summed E-state index contributed by atoms with van der Waals surface area (Å²) in [6, 6.07) is 2.49. The Hall–Kier alpha value is -1.69. The maximum Gasteiger partial charge on any atom is 0.263 e. The number of carbonyl (C=O) groups is 3. The van der Waals surface area contributed by atoms with Gasteiger partial charge >= 0.3 is 0 Å². The van der Waals surface area contributed by atoms with Gasteiger partial charge < -0.3 is 9.80 Å². The predicted octanol–water partition coefficient (Wildman–Crippen LogP) is 2.57.